The van der Waals surface area contributed by atoms with Crippen LogP contribution in [0.1, 0.15) is 79.2 Å². The van der Waals surface area contributed by atoms with Gasteiger partial charge in [-0.25, -0.2) is 0 Å². The van der Waals surface area contributed by atoms with E-state index in [4.69, 9.17) is 9.47 Å². The van der Waals surface area contributed by atoms with E-state index in [9.17, 15) is 9.59 Å². The number of benzene rings is 2. The lowest BCUT2D eigenvalue weighted by molar-refractivity contribution is -0.145. The monoisotopic (exact) mass is 491 g/mol. The summed E-state index contributed by atoms with van der Waals surface area (Å²) in [5, 5.41) is 6.79. The van der Waals surface area contributed by atoms with E-state index in [0.717, 1.165) is 42.5 Å². The number of piperidine rings is 2. The molecule has 3 aliphatic heterocycles. The summed E-state index contributed by atoms with van der Waals surface area (Å²) in [6.45, 7) is 8.32. The van der Waals surface area contributed by atoms with Gasteiger partial charge in [0.2, 0.25) is 5.91 Å². The highest BCUT2D eigenvalue weighted by molar-refractivity contribution is 6.00. The predicted molar refractivity (Wildman–Crippen MR) is 138 cm³/mol. The molecule has 2 fully saturated rings. The number of carbonyl (C=O) groups is 2. The van der Waals surface area contributed by atoms with Crippen LogP contribution in [0, 0.1) is 5.92 Å². The molecule has 0 aromatic heterocycles. The van der Waals surface area contributed by atoms with Crippen molar-refractivity contribution in [1.82, 2.24) is 15.5 Å². The smallest absolute Gasteiger partial charge is 0.256 e. The van der Waals surface area contributed by atoms with Crippen LogP contribution in [0.15, 0.2) is 36.4 Å². The highest BCUT2D eigenvalue weighted by Gasteiger charge is 2.47. The number of fused-ring (bicyclic) bond motifs is 4. The molecule has 0 bridgehead atoms. The van der Waals surface area contributed by atoms with Gasteiger partial charge in [0.05, 0.1) is 36.8 Å². The molecule has 4 atom stereocenters. The first kappa shape index (κ1) is 24.6. The lowest BCUT2D eigenvalue weighted by Crippen LogP contribution is -2.58. The van der Waals surface area contributed by atoms with Crippen molar-refractivity contribution in [2.24, 2.45) is 5.92 Å². The summed E-state index contributed by atoms with van der Waals surface area (Å²) in [5.74, 6) is 1.12. The third kappa shape index (κ3) is 4.45. The van der Waals surface area contributed by atoms with Gasteiger partial charge in [0.15, 0.2) is 11.5 Å². The summed E-state index contributed by atoms with van der Waals surface area (Å²) < 4.78 is 12.1. The Hall–Kier alpha value is -3.06. The van der Waals surface area contributed by atoms with Gasteiger partial charge in [-0.3, -0.25) is 9.59 Å². The van der Waals surface area contributed by atoms with Crippen LogP contribution in [0.25, 0.3) is 0 Å². The average molecular weight is 492 g/mol. The Kier molecular flexibility index (Phi) is 7.19. The largest absolute Gasteiger partial charge is 0.490 e. The van der Waals surface area contributed by atoms with Gasteiger partial charge >= 0.3 is 0 Å². The minimum atomic E-state index is -0.194. The van der Waals surface area contributed by atoms with Gasteiger partial charge < -0.3 is 25.0 Å². The second kappa shape index (κ2) is 10.5. The van der Waals surface area contributed by atoms with Gasteiger partial charge in [-0.1, -0.05) is 30.3 Å². The number of hydrogen-bond donors (Lipinski definition) is 2. The average Bonchev–Trinajstić information content (AvgIpc) is 2.89. The zero-order valence-corrected chi connectivity index (χ0v) is 21.5. The van der Waals surface area contributed by atoms with Crippen molar-refractivity contribution in [2.75, 3.05) is 26.3 Å². The Morgan fingerprint density at radius 2 is 1.97 bits per heavy atom. The van der Waals surface area contributed by atoms with E-state index in [1.54, 1.807) is 0 Å². The summed E-state index contributed by atoms with van der Waals surface area (Å²) in [6, 6.07) is 11.8. The quantitative estimate of drug-likeness (QED) is 0.608. The standard InChI is InChI=1S/C29H37N3O4/c1-4-35-24-16-20-13-15-32-23(17-22-21(29(32)34)12-9-14-30-22)25(20)26(27(24)36-5-2)28(33)31-18(3)19-10-7-6-8-11-19/h6-8,10-11,16,18,21-23,30H,4-5,9,12-15,17H2,1-3H3,(H,31,33)/t18-,21-,22-,23+/m1/s1. The third-order valence-electron chi connectivity index (χ3n) is 7.83. The lowest BCUT2D eigenvalue weighted by Gasteiger charge is -2.49. The summed E-state index contributed by atoms with van der Waals surface area (Å²) in [7, 11) is 0. The number of hydrogen-bond acceptors (Lipinski definition) is 5. The minimum absolute atomic E-state index is 0.0287. The SMILES string of the molecule is CCOc1cc2c(c(C(=O)N[C@H](C)c3ccccc3)c1OCC)[C@@H]1C[C@H]3NCCC[C@H]3C(=O)N1CC2. The highest BCUT2D eigenvalue weighted by Crippen LogP contribution is 2.47. The topological polar surface area (TPSA) is 79.9 Å². The van der Waals surface area contributed by atoms with Crippen molar-refractivity contribution in [3.8, 4) is 11.5 Å². The summed E-state index contributed by atoms with van der Waals surface area (Å²) in [6.07, 6.45) is 3.46. The van der Waals surface area contributed by atoms with E-state index in [2.05, 4.69) is 10.6 Å². The molecule has 2 N–H and O–H groups in total. The van der Waals surface area contributed by atoms with E-state index in [-0.39, 0.29) is 35.9 Å². The Labute approximate surface area is 213 Å². The molecular weight excluding hydrogens is 454 g/mol. The second-order valence-corrected chi connectivity index (χ2v) is 9.97. The molecule has 3 heterocycles. The van der Waals surface area contributed by atoms with E-state index in [1.807, 2.05) is 62.1 Å². The van der Waals surface area contributed by atoms with Crippen LogP contribution < -0.4 is 20.1 Å². The van der Waals surface area contributed by atoms with Crippen LogP contribution in [0.5, 0.6) is 11.5 Å². The Morgan fingerprint density at radius 3 is 2.72 bits per heavy atom. The maximum absolute atomic E-state index is 14.0. The number of rotatable bonds is 7. The van der Waals surface area contributed by atoms with E-state index in [1.165, 1.54) is 0 Å². The predicted octanol–water partition coefficient (Wildman–Crippen LogP) is 4.17. The Bertz CT molecular complexity index is 1120. The fraction of sp³-hybridized carbons (Fsp3) is 0.517. The number of nitrogens with one attached hydrogen (secondary N) is 2. The lowest BCUT2D eigenvalue weighted by atomic mass is 9.75. The molecule has 3 aliphatic rings. The van der Waals surface area contributed by atoms with Gasteiger partial charge in [-0.05, 0) is 75.8 Å². The first-order valence-electron chi connectivity index (χ1n) is 13.4. The van der Waals surface area contributed by atoms with Crippen molar-refractivity contribution in [3.63, 3.8) is 0 Å². The first-order valence-corrected chi connectivity index (χ1v) is 13.4. The summed E-state index contributed by atoms with van der Waals surface area (Å²) in [4.78, 5) is 29.6. The first-order chi connectivity index (χ1) is 17.5. The van der Waals surface area contributed by atoms with Crippen LogP contribution in [0.4, 0.5) is 0 Å². The molecule has 2 amide bonds. The van der Waals surface area contributed by atoms with Gasteiger partial charge in [0.1, 0.15) is 0 Å². The van der Waals surface area contributed by atoms with Crippen molar-refractivity contribution in [3.05, 3.63) is 58.7 Å². The molecule has 2 aromatic rings. The van der Waals surface area contributed by atoms with Crippen molar-refractivity contribution in [1.29, 1.82) is 0 Å². The Morgan fingerprint density at radius 1 is 1.19 bits per heavy atom. The molecule has 7 heteroatoms. The van der Waals surface area contributed by atoms with Crippen LogP contribution >= 0.6 is 0 Å². The van der Waals surface area contributed by atoms with Crippen LogP contribution in [0.3, 0.4) is 0 Å². The molecule has 2 saturated heterocycles. The van der Waals surface area contributed by atoms with Crippen molar-refractivity contribution < 1.29 is 19.1 Å². The second-order valence-electron chi connectivity index (χ2n) is 9.97. The fourth-order valence-corrected chi connectivity index (χ4v) is 6.18. The maximum Gasteiger partial charge on any atom is 0.256 e. The third-order valence-corrected chi connectivity index (χ3v) is 7.83. The van der Waals surface area contributed by atoms with Crippen LogP contribution in [0.2, 0.25) is 0 Å². The Balaban J connectivity index is 1.60. The van der Waals surface area contributed by atoms with Gasteiger partial charge in [0.25, 0.3) is 5.91 Å². The zero-order chi connectivity index (χ0) is 25.2. The number of ether oxygens (including phenoxy) is 2. The normalized spacial score (nSPS) is 23.7. The van der Waals surface area contributed by atoms with E-state index >= 15 is 0 Å². The molecule has 0 spiro atoms. The molecule has 0 radical (unpaired) electrons. The minimum Gasteiger partial charge on any atom is -0.490 e. The summed E-state index contributed by atoms with van der Waals surface area (Å²) in [5.41, 5.74) is 3.53. The number of carbonyl (C=O) groups excluding carboxylic acids is 2. The van der Waals surface area contributed by atoms with Gasteiger partial charge in [-0.2, -0.15) is 0 Å². The number of amides is 2. The molecule has 2 aromatic carbocycles. The molecular formula is C29H37N3O4. The zero-order valence-electron chi connectivity index (χ0n) is 21.5. The molecule has 5 rings (SSSR count). The van der Waals surface area contributed by atoms with Gasteiger partial charge in [-0.15, -0.1) is 0 Å². The molecule has 192 valence electrons. The molecule has 7 nitrogen and oxygen atoms in total. The summed E-state index contributed by atoms with van der Waals surface area (Å²) >= 11 is 0. The molecule has 0 unspecified atom stereocenters. The molecule has 0 saturated carbocycles. The fourth-order valence-electron chi connectivity index (χ4n) is 6.18. The van der Waals surface area contributed by atoms with Crippen molar-refractivity contribution >= 4 is 11.8 Å². The number of nitrogens with zero attached hydrogens (tertiary/aromatic N) is 1. The van der Waals surface area contributed by atoms with Crippen LogP contribution in [-0.4, -0.2) is 49.1 Å². The molecule has 0 aliphatic carbocycles. The van der Waals surface area contributed by atoms with Crippen molar-refractivity contribution in [2.45, 2.75) is 64.6 Å². The van der Waals surface area contributed by atoms with Gasteiger partial charge in [0, 0.05) is 12.6 Å². The maximum atomic E-state index is 14.0. The van der Waals surface area contributed by atoms with E-state index in [0.29, 0.717) is 43.2 Å². The molecule has 36 heavy (non-hydrogen) atoms. The van der Waals surface area contributed by atoms with E-state index < -0.39 is 0 Å². The highest BCUT2D eigenvalue weighted by atomic mass is 16.5. The van der Waals surface area contributed by atoms with Crippen LogP contribution in [-0.2, 0) is 11.2 Å².